The molecule has 1 aliphatic rings. The van der Waals surface area contributed by atoms with Crippen LogP contribution in [-0.4, -0.2) is 18.4 Å². The number of allylic oxidation sites excluding steroid dienone is 5. The fourth-order valence-electron chi connectivity index (χ4n) is 4.20. The molecule has 0 heterocycles. The van der Waals surface area contributed by atoms with Gasteiger partial charge in [-0.05, 0) is 61.0 Å². The number of ketones is 1. The number of carbonyl (C=O) groups excluding carboxylic acids is 2. The van der Waals surface area contributed by atoms with Gasteiger partial charge in [0.05, 0.1) is 18.1 Å². The lowest BCUT2D eigenvalue weighted by Crippen LogP contribution is -2.08. The van der Waals surface area contributed by atoms with Crippen molar-refractivity contribution in [3.8, 4) is 11.5 Å². The van der Waals surface area contributed by atoms with Gasteiger partial charge in [-0.3, -0.25) is 4.79 Å². The van der Waals surface area contributed by atoms with Crippen LogP contribution >= 0.6 is 0 Å². The third-order valence-electron chi connectivity index (χ3n) is 6.50. The Morgan fingerprint density at radius 3 is 1.97 bits per heavy atom. The molecule has 1 N–H and O–H groups in total. The van der Waals surface area contributed by atoms with E-state index in [0.717, 1.165) is 17.9 Å². The van der Waals surface area contributed by atoms with Gasteiger partial charge >= 0.3 is 5.97 Å². The Labute approximate surface area is 227 Å². The number of rotatable bonds is 18. The van der Waals surface area contributed by atoms with Gasteiger partial charge in [0.2, 0.25) is 0 Å². The molecule has 5 nitrogen and oxygen atoms in total. The highest BCUT2D eigenvalue weighted by Crippen LogP contribution is 2.19. The van der Waals surface area contributed by atoms with Crippen molar-refractivity contribution in [2.45, 2.75) is 71.1 Å². The number of hydrogen-bond donors (Lipinski definition) is 1. The minimum atomic E-state index is -0.421. The van der Waals surface area contributed by atoms with Gasteiger partial charge in [0.25, 0.3) is 0 Å². The van der Waals surface area contributed by atoms with Crippen LogP contribution in [0.25, 0.3) is 0 Å². The molecule has 0 aromatic heterocycles. The number of anilines is 1. The Morgan fingerprint density at radius 2 is 1.34 bits per heavy atom. The normalized spacial score (nSPS) is 12.8. The Balaban J connectivity index is 1.30. The fraction of sp³-hybridized carbons (Fsp3) is 0.394. The largest absolute Gasteiger partial charge is 0.494 e. The molecule has 0 spiro atoms. The Hall–Kier alpha value is -3.60. The van der Waals surface area contributed by atoms with Gasteiger partial charge in [0, 0.05) is 11.9 Å². The van der Waals surface area contributed by atoms with Crippen LogP contribution in [0.5, 0.6) is 11.5 Å². The van der Waals surface area contributed by atoms with E-state index in [2.05, 4.69) is 12.2 Å². The number of carbonyl (C=O) groups is 2. The van der Waals surface area contributed by atoms with E-state index in [9.17, 15) is 9.59 Å². The molecule has 3 rings (SSSR count). The molecule has 2 aromatic carbocycles. The lowest BCUT2D eigenvalue weighted by molar-refractivity contribution is -0.115. The third-order valence-corrected chi connectivity index (χ3v) is 6.50. The van der Waals surface area contributed by atoms with E-state index < -0.39 is 5.97 Å². The van der Waals surface area contributed by atoms with Crippen LogP contribution in [0.4, 0.5) is 5.69 Å². The maximum absolute atomic E-state index is 12.5. The van der Waals surface area contributed by atoms with Crippen molar-refractivity contribution in [1.29, 1.82) is 0 Å². The maximum atomic E-state index is 12.5. The Morgan fingerprint density at radius 1 is 0.763 bits per heavy atom. The van der Waals surface area contributed by atoms with Crippen LogP contribution in [0.2, 0.25) is 0 Å². The number of ether oxygens (including phenoxy) is 2. The van der Waals surface area contributed by atoms with Crippen molar-refractivity contribution in [1.82, 2.24) is 0 Å². The van der Waals surface area contributed by atoms with Gasteiger partial charge < -0.3 is 14.8 Å². The molecular weight excluding hydrogens is 474 g/mol. The number of unbranched alkanes of at least 4 members (excludes halogenated alkanes) is 9. The van der Waals surface area contributed by atoms with Gasteiger partial charge in [-0.15, -0.1) is 0 Å². The quantitative estimate of drug-likeness (QED) is 0.0934. The number of esters is 1. The summed E-state index contributed by atoms with van der Waals surface area (Å²) < 4.78 is 11.3. The van der Waals surface area contributed by atoms with E-state index in [1.807, 2.05) is 36.4 Å². The van der Waals surface area contributed by atoms with Crippen molar-refractivity contribution >= 4 is 17.4 Å². The summed E-state index contributed by atoms with van der Waals surface area (Å²) in [6, 6.07) is 14.1. The summed E-state index contributed by atoms with van der Waals surface area (Å²) in [6.45, 7) is 2.95. The molecule has 0 atom stereocenters. The summed E-state index contributed by atoms with van der Waals surface area (Å²) in [7, 11) is 0. The van der Waals surface area contributed by atoms with Crippen LogP contribution in [0.15, 0.2) is 85.1 Å². The van der Waals surface area contributed by atoms with Gasteiger partial charge in [0.1, 0.15) is 11.5 Å². The second-order valence-corrected chi connectivity index (χ2v) is 9.64. The smallest absolute Gasteiger partial charge is 0.343 e. The molecule has 0 aliphatic heterocycles. The highest BCUT2D eigenvalue weighted by atomic mass is 16.5. The minimum absolute atomic E-state index is 0.0169. The van der Waals surface area contributed by atoms with Crippen molar-refractivity contribution in [2.75, 3.05) is 11.9 Å². The second-order valence-electron chi connectivity index (χ2n) is 9.64. The zero-order valence-corrected chi connectivity index (χ0v) is 22.6. The summed E-state index contributed by atoms with van der Waals surface area (Å²) in [6.07, 6.45) is 23.6. The maximum Gasteiger partial charge on any atom is 0.343 e. The van der Waals surface area contributed by atoms with E-state index in [1.165, 1.54) is 63.9 Å². The van der Waals surface area contributed by atoms with Crippen LogP contribution in [0, 0.1) is 5.92 Å². The molecule has 0 amide bonds. The monoisotopic (exact) mass is 515 g/mol. The average molecular weight is 516 g/mol. The minimum Gasteiger partial charge on any atom is -0.494 e. The molecule has 0 saturated heterocycles. The first kappa shape index (κ1) is 29.0. The van der Waals surface area contributed by atoms with Gasteiger partial charge in [-0.1, -0.05) is 89.0 Å². The highest BCUT2D eigenvalue weighted by molar-refractivity contribution is 5.95. The van der Waals surface area contributed by atoms with Crippen molar-refractivity contribution in [2.24, 2.45) is 5.92 Å². The van der Waals surface area contributed by atoms with Gasteiger partial charge in [-0.25, -0.2) is 4.79 Å². The molecule has 0 radical (unpaired) electrons. The molecule has 38 heavy (non-hydrogen) atoms. The lowest BCUT2D eigenvalue weighted by Gasteiger charge is -2.08. The molecule has 202 valence electrons. The molecular formula is C33H41NO4. The standard InChI is InChI=1S/C33H41NO4/c1-2-3-4-5-6-7-8-9-10-13-26-37-30-20-16-28(17-21-30)33(36)38-31-22-18-29(19-23-31)34-25-24-32(35)27-14-11-12-15-27/h11-12,14-25,27,34H,2-10,13,26H2,1H3/b25-24+. The Kier molecular flexibility index (Phi) is 13.0. The molecule has 5 heteroatoms. The third kappa shape index (κ3) is 10.8. The molecule has 0 saturated carbocycles. The summed E-state index contributed by atoms with van der Waals surface area (Å²) in [5.41, 5.74) is 1.25. The first-order chi connectivity index (χ1) is 18.7. The first-order valence-electron chi connectivity index (χ1n) is 14.0. The van der Waals surface area contributed by atoms with Crippen molar-refractivity contribution < 1.29 is 19.1 Å². The summed E-state index contributed by atoms with van der Waals surface area (Å²) >= 11 is 0. The summed E-state index contributed by atoms with van der Waals surface area (Å²) in [4.78, 5) is 24.5. The summed E-state index contributed by atoms with van der Waals surface area (Å²) in [5.74, 6) is 0.626. The van der Waals surface area contributed by atoms with E-state index in [1.54, 1.807) is 42.6 Å². The molecule has 0 bridgehead atoms. The lowest BCUT2D eigenvalue weighted by atomic mass is 10.1. The summed E-state index contributed by atoms with van der Waals surface area (Å²) in [5, 5.41) is 3.06. The zero-order valence-electron chi connectivity index (χ0n) is 22.6. The van der Waals surface area contributed by atoms with Crippen molar-refractivity contribution in [3.05, 3.63) is 90.7 Å². The van der Waals surface area contributed by atoms with E-state index in [4.69, 9.17) is 9.47 Å². The predicted octanol–water partition coefficient (Wildman–Crippen LogP) is 8.44. The molecule has 1 aliphatic carbocycles. The first-order valence-corrected chi connectivity index (χ1v) is 14.0. The second kappa shape index (κ2) is 17.0. The van der Waals surface area contributed by atoms with Crippen molar-refractivity contribution in [3.63, 3.8) is 0 Å². The van der Waals surface area contributed by atoms with E-state index in [-0.39, 0.29) is 11.7 Å². The molecule has 2 aromatic rings. The average Bonchev–Trinajstić information content (AvgIpc) is 3.48. The molecule has 0 unspecified atom stereocenters. The molecule has 0 fully saturated rings. The van der Waals surface area contributed by atoms with Crippen LogP contribution in [-0.2, 0) is 4.79 Å². The predicted molar refractivity (Wildman–Crippen MR) is 155 cm³/mol. The highest BCUT2D eigenvalue weighted by Gasteiger charge is 2.11. The van der Waals surface area contributed by atoms with E-state index >= 15 is 0 Å². The van der Waals surface area contributed by atoms with Gasteiger partial charge in [-0.2, -0.15) is 0 Å². The number of nitrogens with one attached hydrogen (secondary N) is 1. The van der Waals surface area contributed by atoms with Gasteiger partial charge in [0.15, 0.2) is 5.78 Å². The topological polar surface area (TPSA) is 64.6 Å². The van der Waals surface area contributed by atoms with Crippen LogP contribution < -0.4 is 14.8 Å². The number of benzene rings is 2. The Bertz CT molecular complexity index is 1060. The fourth-order valence-corrected chi connectivity index (χ4v) is 4.20. The van der Waals surface area contributed by atoms with Crippen LogP contribution in [0.1, 0.15) is 81.5 Å². The van der Waals surface area contributed by atoms with Crippen LogP contribution in [0.3, 0.4) is 0 Å². The SMILES string of the molecule is CCCCCCCCCCCCOc1ccc(C(=O)Oc2ccc(N/C=C/C(=O)C3C=CC=C3)cc2)cc1. The van der Waals surface area contributed by atoms with E-state index in [0.29, 0.717) is 17.9 Å². The zero-order chi connectivity index (χ0) is 26.8. The number of hydrogen-bond acceptors (Lipinski definition) is 5.